The Kier molecular flexibility index (Phi) is 4.61. The van der Waals surface area contributed by atoms with Crippen LogP contribution in [-0.4, -0.2) is 35.2 Å². The van der Waals surface area contributed by atoms with E-state index in [0.29, 0.717) is 23.1 Å². The normalized spacial score (nSPS) is 14.9. The minimum absolute atomic E-state index is 0.0211. The fourth-order valence-corrected chi connectivity index (χ4v) is 4.65. The van der Waals surface area contributed by atoms with Gasteiger partial charge in [0.2, 0.25) is 5.91 Å². The van der Waals surface area contributed by atoms with Gasteiger partial charge in [0.05, 0.1) is 11.6 Å². The van der Waals surface area contributed by atoms with Crippen molar-refractivity contribution in [3.05, 3.63) is 78.2 Å². The summed E-state index contributed by atoms with van der Waals surface area (Å²) in [5.41, 5.74) is 11.7. The quantitative estimate of drug-likeness (QED) is 0.434. The van der Waals surface area contributed by atoms with Crippen LogP contribution in [0.1, 0.15) is 30.5 Å². The van der Waals surface area contributed by atoms with Crippen molar-refractivity contribution in [2.45, 2.75) is 25.8 Å². The van der Waals surface area contributed by atoms with E-state index in [9.17, 15) is 4.79 Å². The van der Waals surface area contributed by atoms with Crippen molar-refractivity contribution in [2.24, 2.45) is 0 Å². The predicted octanol–water partition coefficient (Wildman–Crippen LogP) is 3.37. The fraction of sp³-hybridized carbons (Fsp3) is 0.160. The van der Waals surface area contributed by atoms with Gasteiger partial charge >= 0.3 is 0 Å². The number of rotatable bonds is 4. The summed E-state index contributed by atoms with van der Waals surface area (Å²) < 4.78 is 3.73. The first-order chi connectivity index (χ1) is 16.6. The Balaban J connectivity index is 1.56. The zero-order valence-electron chi connectivity index (χ0n) is 18.5. The van der Waals surface area contributed by atoms with E-state index in [4.69, 9.17) is 15.7 Å². The number of fused-ring (bicyclic) bond motifs is 2. The molecule has 0 fully saturated rings. The number of aromatic nitrogens is 6. The maximum Gasteiger partial charge on any atom is 0.217 e. The Labute approximate surface area is 195 Å². The van der Waals surface area contributed by atoms with Crippen LogP contribution in [0.15, 0.2) is 67.1 Å². The number of pyridine rings is 2. The molecule has 5 aromatic rings. The number of amides is 1. The molecular weight excluding hydrogens is 428 g/mol. The lowest BCUT2D eigenvalue weighted by molar-refractivity contribution is -0.119. The Bertz CT molecular complexity index is 1540. The number of hydrogen-bond acceptors (Lipinski definition) is 6. The summed E-state index contributed by atoms with van der Waals surface area (Å²) in [5, 5.41) is 7.36. The number of nitrogen functional groups attached to an aromatic ring is 1. The molecule has 1 aliphatic carbocycles. The van der Waals surface area contributed by atoms with Gasteiger partial charge in [0.15, 0.2) is 17.3 Å². The number of carbonyl (C=O) groups is 1. The van der Waals surface area contributed by atoms with Crippen molar-refractivity contribution in [1.29, 1.82) is 0 Å². The number of anilines is 1. The summed E-state index contributed by atoms with van der Waals surface area (Å²) in [7, 11) is 0. The zero-order valence-corrected chi connectivity index (χ0v) is 18.5. The Morgan fingerprint density at radius 3 is 2.82 bits per heavy atom. The van der Waals surface area contributed by atoms with Gasteiger partial charge in [-0.3, -0.25) is 9.36 Å². The van der Waals surface area contributed by atoms with Gasteiger partial charge in [0.25, 0.3) is 0 Å². The van der Waals surface area contributed by atoms with Crippen LogP contribution >= 0.6 is 0 Å². The van der Waals surface area contributed by atoms with Crippen LogP contribution in [0.25, 0.3) is 34.1 Å². The second kappa shape index (κ2) is 7.80. The van der Waals surface area contributed by atoms with Crippen molar-refractivity contribution >= 4 is 22.9 Å². The molecule has 4 heterocycles. The van der Waals surface area contributed by atoms with Gasteiger partial charge in [-0.2, -0.15) is 5.10 Å². The average Bonchev–Trinajstić information content (AvgIpc) is 3.57. The molecule has 0 radical (unpaired) electrons. The van der Waals surface area contributed by atoms with Gasteiger partial charge in [0, 0.05) is 31.2 Å². The minimum Gasteiger partial charge on any atom is -0.383 e. The zero-order chi connectivity index (χ0) is 23.2. The second-order valence-corrected chi connectivity index (χ2v) is 8.34. The lowest BCUT2D eigenvalue weighted by Crippen LogP contribution is -2.24. The Morgan fingerprint density at radius 1 is 1.12 bits per heavy atom. The van der Waals surface area contributed by atoms with Gasteiger partial charge in [-0.25, -0.2) is 19.6 Å². The molecule has 9 heteroatoms. The van der Waals surface area contributed by atoms with Gasteiger partial charge < -0.3 is 11.1 Å². The van der Waals surface area contributed by atoms with E-state index in [1.807, 2.05) is 47.2 Å². The molecule has 1 aliphatic rings. The van der Waals surface area contributed by atoms with E-state index in [-0.39, 0.29) is 11.9 Å². The largest absolute Gasteiger partial charge is 0.383 e. The number of hydrogen-bond donors (Lipinski definition) is 2. The smallest absolute Gasteiger partial charge is 0.217 e. The number of nitrogens with two attached hydrogens (primary N) is 1. The lowest BCUT2D eigenvalue weighted by Gasteiger charge is -2.15. The molecule has 34 heavy (non-hydrogen) atoms. The monoisotopic (exact) mass is 450 g/mol. The average molecular weight is 451 g/mol. The minimum atomic E-state index is -0.0211. The van der Waals surface area contributed by atoms with Crippen LogP contribution < -0.4 is 11.1 Å². The van der Waals surface area contributed by atoms with E-state index in [1.54, 1.807) is 24.0 Å². The Hall–Kier alpha value is -4.53. The molecule has 0 unspecified atom stereocenters. The summed E-state index contributed by atoms with van der Waals surface area (Å²) in [6, 6.07) is 15.8. The Morgan fingerprint density at radius 2 is 2.03 bits per heavy atom. The molecule has 0 saturated carbocycles. The van der Waals surface area contributed by atoms with Crippen molar-refractivity contribution in [1.82, 2.24) is 34.6 Å². The maximum atomic E-state index is 11.6. The van der Waals surface area contributed by atoms with Gasteiger partial charge in [0.1, 0.15) is 11.3 Å². The third kappa shape index (κ3) is 3.29. The number of aryl methyl sites for hydroxylation is 1. The van der Waals surface area contributed by atoms with Gasteiger partial charge in [-0.05, 0) is 66.4 Å². The molecule has 0 saturated heterocycles. The molecule has 1 aromatic carbocycles. The summed E-state index contributed by atoms with van der Waals surface area (Å²) in [6.07, 6.45) is 7.01. The highest BCUT2D eigenvalue weighted by atomic mass is 16.1. The summed E-state index contributed by atoms with van der Waals surface area (Å²) >= 11 is 0. The molecule has 4 aromatic heterocycles. The standard InChI is InChI=1S/C25H22N8O/c1-15(34)29-20-8-5-16-14-17(6-7-18(16)20)33-24(19-4-2-11-27-23(19)26)30-21-9-10-22(31-25(21)33)32-13-3-12-28-32/h2-4,6-7,9-14,20H,5,8H2,1H3,(H2,26,27)(H,29,34)/t20-/m0/s1. The lowest BCUT2D eigenvalue weighted by atomic mass is 10.1. The van der Waals surface area contributed by atoms with Crippen LogP contribution in [-0.2, 0) is 11.2 Å². The van der Waals surface area contributed by atoms with Gasteiger partial charge in [-0.1, -0.05) is 6.07 Å². The highest BCUT2D eigenvalue weighted by Crippen LogP contribution is 2.35. The third-order valence-corrected chi connectivity index (χ3v) is 6.15. The van der Waals surface area contributed by atoms with Crippen LogP contribution in [0.3, 0.4) is 0 Å². The van der Waals surface area contributed by atoms with Crippen molar-refractivity contribution < 1.29 is 4.79 Å². The third-order valence-electron chi connectivity index (χ3n) is 6.15. The fourth-order valence-electron chi connectivity index (χ4n) is 4.65. The van der Waals surface area contributed by atoms with Crippen LogP contribution in [0.5, 0.6) is 0 Å². The molecular formula is C25H22N8O. The molecule has 1 amide bonds. The topological polar surface area (TPSA) is 117 Å². The molecule has 0 bridgehead atoms. The van der Waals surface area contributed by atoms with Crippen LogP contribution in [0.2, 0.25) is 0 Å². The number of carbonyl (C=O) groups excluding carboxylic acids is 1. The number of nitrogens with zero attached hydrogens (tertiary/aromatic N) is 6. The molecule has 1 atom stereocenters. The SMILES string of the molecule is CC(=O)N[C@H]1CCc2cc(-n3c(-c4cccnc4N)nc4ccc(-n5cccn5)nc43)ccc21. The van der Waals surface area contributed by atoms with E-state index in [1.165, 1.54) is 5.56 Å². The number of imidazole rings is 1. The highest BCUT2D eigenvalue weighted by molar-refractivity contribution is 5.83. The van der Waals surface area contributed by atoms with Crippen molar-refractivity contribution in [3.8, 4) is 22.9 Å². The van der Waals surface area contributed by atoms with E-state index >= 15 is 0 Å². The van der Waals surface area contributed by atoms with Crippen molar-refractivity contribution in [3.63, 3.8) is 0 Å². The molecule has 0 aliphatic heterocycles. The van der Waals surface area contributed by atoms with E-state index < -0.39 is 0 Å². The predicted molar refractivity (Wildman–Crippen MR) is 129 cm³/mol. The second-order valence-electron chi connectivity index (χ2n) is 8.34. The summed E-state index contributed by atoms with van der Waals surface area (Å²) in [4.78, 5) is 25.7. The molecule has 9 nitrogen and oxygen atoms in total. The summed E-state index contributed by atoms with van der Waals surface area (Å²) in [6.45, 7) is 1.55. The molecule has 0 spiro atoms. The molecule has 168 valence electrons. The number of nitrogens with one attached hydrogen (secondary N) is 1. The maximum absolute atomic E-state index is 11.6. The molecule has 3 N–H and O–H groups in total. The summed E-state index contributed by atoms with van der Waals surface area (Å²) in [5.74, 6) is 1.74. The van der Waals surface area contributed by atoms with Crippen LogP contribution in [0, 0.1) is 0 Å². The first kappa shape index (κ1) is 20.1. The first-order valence-corrected chi connectivity index (χ1v) is 11.1. The number of benzene rings is 1. The highest BCUT2D eigenvalue weighted by Gasteiger charge is 2.25. The molecule has 6 rings (SSSR count). The van der Waals surface area contributed by atoms with Gasteiger partial charge in [-0.15, -0.1) is 0 Å². The van der Waals surface area contributed by atoms with Crippen LogP contribution in [0.4, 0.5) is 5.82 Å². The van der Waals surface area contributed by atoms with E-state index in [0.717, 1.165) is 35.2 Å². The van der Waals surface area contributed by atoms with Crippen molar-refractivity contribution in [2.75, 3.05) is 5.73 Å². The first-order valence-electron chi connectivity index (χ1n) is 11.1. The van der Waals surface area contributed by atoms with E-state index in [2.05, 4.69) is 27.5 Å².